The highest BCUT2D eigenvalue weighted by atomic mass is 32.2. The number of benzene rings is 1. The Bertz CT molecular complexity index is 715. The lowest BCUT2D eigenvalue weighted by molar-refractivity contribution is 0.0730. The van der Waals surface area contributed by atoms with Crippen LogP contribution in [0.2, 0.25) is 0 Å². The van der Waals surface area contributed by atoms with Gasteiger partial charge in [-0.25, -0.2) is 8.42 Å². The standard InChI is InChI=1S/C19H31N3O4S/c1-19(2)15-21(8-7-18(19)20)9-14-26-16-3-5-17(6-4-16)27(23,24)22-10-12-25-13-11-22/h3-6,18H,7-15,20H2,1-2H3. The van der Waals surface area contributed by atoms with Gasteiger partial charge in [0.15, 0.2) is 0 Å². The van der Waals surface area contributed by atoms with Crippen molar-refractivity contribution < 1.29 is 17.9 Å². The molecule has 3 rings (SSSR count). The number of hydrogen-bond donors (Lipinski definition) is 1. The first-order valence-corrected chi connectivity index (χ1v) is 11.0. The number of rotatable bonds is 6. The van der Waals surface area contributed by atoms with Crippen LogP contribution in [0.5, 0.6) is 5.75 Å². The van der Waals surface area contributed by atoms with Crippen LogP contribution in [0, 0.1) is 5.41 Å². The lowest BCUT2D eigenvalue weighted by Crippen LogP contribution is -2.53. The molecule has 1 aromatic rings. The summed E-state index contributed by atoms with van der Waals surface area (Å²) in [5.41, 5.74) is 6.30. The number of hydrogen-bond acceptors (Lipinski definition) is 6. The highest BCUT2D eigenvalue weighted by Gasteiger charge is 2.33. The molecule has 2 heterocycles. The average Bonchev–Trinajstić information content (AvgIpc) is 2.65. The van der Waals surface area contributed by atoms with E-state index in [9.17, 15) is 8.42 Å². The SMILES string of the molecule is CC1(C)CN(CCOc2ccc(S(=O)(=O)N3CCOCC3)cc2)CCC1N. The van der Waals surface area contributed by atoms with E-state index < -0.39 is 10.0 Å². The molecular formula is C19H31N3O4S. The quantitative estimate of drug-likeness (QED) is 0.775. The maximum Gasteiger partial charge on any atom is 0.243 e. The second-order valence-corrected chi connectivity index (χ2v) is 9.93. The summed E-state index contributed by atoms with van der Waals surface area (Å²) in [6.45, 7) is 9.46. The molecule has 7 nitrogen and oxygen atoms in total. The minimum atomic E-state index is -3.46. The summed E-state index contributed by atoms with van der Waals surface area (Å²) >= 11 is 0. The van der Waals surface area contributed by atoms with Gasteiger partial charge in [-0.3, -0.25) is 4.90 Å². The molecule has 2 aliphatic rings. The van der Waals surface area contributed by atoms with E-state index in [1.807, 2.05) is 0 Å². The van der Waals surface area contributed by atoms with E-state index >= 15 is 0 Å². The first-order valence-electron chi connectivity index (χ1n) is 9.58. The molecule has 8 heteroatoms. The van der Waals surface area contributed by atoms with Gasteiger partial charge in [0, 0.05) is 32.2 Å². The Kier molecular flexibility index (Phi) is 6.43. The molecule has 152 valence electrons. The molecule has 2 fully saturated rings. The van der Waals surface area contributed by atoms with Gasteiger partial charge in [-0.2, -0.15) is 4.31 Å². The maximum atomic E-state index is 12.6. The van der Waals surface area contributed by atoms with E-state index in [2.05, 4.69) is 18.7 Å². The molecule has 1 aromatic carbocycles. The topological polar surface area (TPSA) is 85.1 Å². The third-order valence-corrected chi connectivity index (χ3v) is 7.41. The van der Waals surface area contributed by atoms with Crippen LogP contribution >= 0.6 is 0 Å². The van der Waals surface area contributed by atoms with Crippen LogP contribution in [0.1, 0.15) is 20.3 Å². The fraction of sp³-hybridized carbons (Fsp3) is 0.684. The van der Waals surface area contributed by atoms with Gasteiger partial charge in [0.25, 0.3) is 0 Å². The van der Waals surface area contributed by atoms with Crippen molar-refractivity contribution in [2.45, 2.75) is 31.2 Å². The van der Waals surface area contributed by atoms with Crippen LogP contribution in [0.25, 0.3) is 0 Å². The van der Waals surface area contributed by atoms with Crippen molar-refractivity contribution in [1.82, 2.24) is 9.21 Å². The van der Waals surface area contributed by atoms with Gasteiger partial charge in [0.05, 0.1) is 18.1 Å². The number of sulfonamides is 1. The van der Waals surface area contributed by atoms with Crippen molar-refractivity contribution in [1.29, 1.82) is 0 Å². The van der Waals surface area contributed by atoms with Crippen LogP contribution in [0.3, 0.4) is 0 Å². The monoisotopic (exact) mass is 397 g/mol. The van der Waals surface area contributed by atoms with Crippen molar-refractivity contribution in [2.75, 3.05) is 52.5 Å². The van der Waals surface area contributed by atoms with Gasteiger partial charge < -0.3 is 15.2 Å². The van der Waals surface area contributed by atoms with Crippen LogP contribution < -0.4 is 10.5 Å². The largest absolute Gasteiger partial charge is 0.492 e. The van der Waals surface area contributed by atoms with Crippen LogP contribution in [-0.4, -0.2) is 76.2 Å². The molecule has 2 aliphatic heterocycles. The van der Waals surface area contributed by atoms with Gasteiger partial charge in [0.1, 0.15) is 12.4 Å². The highest BCUT2D eigenvalue weighted by Crippen LogP contribution is 2.27. The Morgan fingerprint density at radius 1 is 1.19 bits per heavy atom. The third kappa shape index (κ3) is 5.00. The van der Waals surface area contributed by atoms with E-state index in [0.29, 0.717) is 43.6 Å². The smallest absolute Gasteiger partial charge is 0.243 e. The van der Waals surface area contributed by atoms with Crippen molar-refractivity contribution in [3.63, 3.8) is 0 Å². The zero-order chi connectivity index (χ0) is 19.5. The van der Waals surface area contributed by atoms with Crippen molar-refractivity contribution in [3.8, 4) is 5.75 Å². The van der Waals surface area contributed by atoms with E-state index in [1.54, 1.807) is 24.3 Å². The van der Waals surface area contributed by atoms with Crippen molar-refractivity contribution in [2.24, 2.45) is 11.1 Å². The molecule has 2 saturated heterocycles. The molecule has 1 atom stereocenters. The second kappa shape index (κ2) is 8.45. The molecule has 0 bridgehead atoms. The predicted molar refractivity (Wildman–Crippen MR) is 104 cm³/mol. The lowest BCUT2D eigenvalue weighted by Gasteiger charge is -2.42. The Labute approximate surface area is 162 Å². The Hall–Kier alpha value is -1.19. The summed E-state index contributed by atoms with van der Waals surface area (Å²) in [6, 6.07) is 6.93. The molecular weight excluding hydrogens is 366 g/mol. The summed E-state index contributed by atoms with van der Waals surface area (Å²) in [5.74, 6) is 0.684. The second-order valence-electron chi connectivity index (χ2n) is 8.00. The summed E-state index contributed by atoms with van der Waals surface area (Å²) in [4.78, 5) is 2.67. The number of piperidine rings is 1. The molecule has 27 heavy (non-hydrogen) atoms. The van der Waals surface area contributed by atoms with Crippen LogP contribution in [0.4, 0.5) is 0 Å². The number of morpholine rings is 1. The fourth-order valence-electron chi connectivity index (χ4n) is 3.61. The van der Waals surface area contributed by atoms with Crippen LogP contribution in [0.15, 0.2) is 29.2 Å². The summed E-state index contributed by atoms with van der Waals surface area (Å²) in [5, 5.41) is 0. The third-order valence-electron chi connectivity index (χ3n) is 5.50. The Morgan fingerprint density at radius 3 is 2.48 bits per heavy atom. The predicted octanol–water partition coefficient (Wildman–Crippen LogP) is 1.15. The minimum absolute atomic E-state index is 0.119. The van der Waals surface area contributed by atoms with Gasteiger partial charge in [-0.05, 0) is 42.6 Å². The highest BCUT2D eigenvalue weighted by molar-refractivity contribution is 7.89. The zero-order valence-corrected chi connectivity index (χ0v) is 17.1. The summed E-state index contributed by atoms with van der Waals surface area (Å²) in [7, 11) is -3.46. The summed E-state index contributed by atoms with van der Waals surface area (Å²) < 4.78 is 37.7. The summed E-state index contributed by atoms with van der Waals surface area (Å²) in [6.07, 6.45) is 1.00. The van der Waals surface area contributed by atoms with E-state index in [4.69, 9.17) is 15.2 Å². The van der Waals surface area contributed by atoms with Gasteiger partial charge in [0.2, 0.25) is 10.0 Å². The molecule has 1 unspecified atom stereocenters. The molecule has 0 saturated carbocycles. The fourth-order valence-corrected chi connectivity index (χ4v) is 5.02. The molecule has 0 radical (unpaired) electrons. The van der Waals surface area contributed by atoms with Crippen molar-refractivity contribution >= 4 is 10.0 Å². The zero-order valence-electron chi connectivity index (χ0n) is 16.3. The molecule has 0 aliphatic carbocycles. The number of nitrogens with two attached hydrogens (primary N) is 1. The first-order chi connectivity index (χ1) is 12.8. The molecule has 2 N–H and O–H groups in total. The molecule has 0 aromatic heterocycles. The number of likely N-dealkylation sites (tertiary alicyclic amines) is 1. The molecule has 0 amide bonds. The number of nitrogens with zero attached hydrogens (tertiary/aromatic N) is 2. The van der Waals surface area contributed by atoms with E-state index in [0.717, 1.165) is 26.1 Å². The van der Waals surface area contributed by atoms with Gasteiger partial charge in [-0.15, -0.1) is 0 Å². The first kappa shape index (κ1) is 20.5. The Balaban J connectivity index is 1.51. The molecule has 0 spiro atoms. The lowest BCUT2D eigenvalue weighted by atomic mass is 9.80. The average molecular weight is 398 g/mol. The number of ether oxygens (including phenoxy) is 2. The van der Waals surface area contributed by atoms with E-state index in [1.165, 1.54) is 4.31 Å². The van der Waals surface area contributed by atoms with Crippen LogP contribution in [-0.2, 0) is 14.8 Å². The maximum absolute atomic E-state index is 12.6. The van der Waals surface area contributed by atoms with Crippen molar-refractivity contribution in [3.05, 3.63) is 24.3 Å². The normalized spacial score (nSPS) is 24.6. The van der Waals surface area contributed by atoms with Gasteiger partial charge >= 0.3 is 0 Å². The Morgan fingerprint density at radius 2 is 1.85 bits per heavy atom. The van der Waals surface area contributed by atoms with E-state index in [-0.39, 0.29) is 11.5 Å². The minimum Gasteiger partial charge on any atom is -0.492 e. The van der Waals surface area contributed by atoms with Gasteiger partial charge in [-0.1, -0.05) is 13.8 Å².